The highest BCUT2D eigenvalue weighted by atomic mass is 127. The number of pyridine rings is 1. The molecule has 0 amide bonds. The maximum absolute atomic E-state index is 4.73. The maximum atomic E-state index is 4.73. The van der Waals surface area contributed by atoms with E-state index < -0.39 is 0 Å². The van der Waals surface area contributed by atoms with Gasteiger partial charge in [0.05, 0.1) is 0 Å². The molecule has 146 valence electrons. The SMILES string of the molecule is CCNC(=NCCc1cccnc1)NC1CCN(c2ccc(C)cc2)C1.I. The first-order valence-corrected chi connectivity index (χ1v) is 9.50. The van der Waals surface area contributed by atoms with Crippen LogP contribution in [0.15, 0.2) is 53.8 Å². The van der Waals surface area contributed by atoms with Crippen LogP contribution in [0.5, 0.6) is 0 Å². The number of rotatable bonds is 6. The molecule has 0 aliphatic carbocycles. The lowest BCUT2D eigenvalue weighted by molar-refractivity contribution is 0.649. The molecule has 1 saturated heterocycles. The van der Waals surface area contributed by atoms with Crippen molar-refractivity contribution in [3.8, 4) is 0 Å². The number of aryl methyl sites for hydroxylation is 1. The number of aromatic nitrogens is 1. The van der Waals surface area contributed by atoms with Crippen LogP contribution in [0.2, 0.25) is 0 Å². The van der Waals surface area contributed by atoms with E-state index in [1.807, 2.05) is 12.3 Å². The number of benzene rings is 1. The van der Waals surface area contributed by atoms with E-state index in [4.69, 9.17) is 4.99 Å². The lowest BCUT2D eigenvalue weighted by Crippen LogP contribution is -2.44. The highest BCUT2D eigenvalue weighted by Gasteiger charge is 2.23. The van der Waals surface area contributed by atoms with Crippen molar-refractivity contribution in [3.05, 3.63) is 59.9 Å². The van der Waals surface area contributed by atoms with E-state index in [2.05, 4.69) is 64.7 Å². The number of hydrogen-bond acceptors (Lipinski definition) is 3. The highest BCUT2D eigenvalue weighted by molar-refractivity contribution is 14.0. The van der Waals surface area contributed by atoms with Crippen LogP contribution in [0.4, 0.5) is 5.69 Å². The Labute approximate surface area is 179 Å². The number of nitrogens with one attached hydrogen (secondary N) is 2. The molecule has 1 aromatic heterocycles. The van der Waals surface area contributed by atoms with Crippen LogP contribution >= 0.6 is 24.0 Å². The molecular weight excluding hydrogens is 449 g/mol. The number of aliphatic imine (C=N–C) groups is 1. The van der Waals surface area contributed by atoms with Gasteiger partial charge in [-0.1, -0.05) is 23.8 Å². The molecule has 1 atom stereocenters. The smallest absolute Gasteiger partial charge is 0.191 e. The van der Waals surface area contributed by atoms with Gasteiger partial charge in [-0.05, 0) is 50.5 Å². The summed E-state index contributed by atoms with van der Waals surface area (Å²) >= 11 is 0. The minimum Gasteiger partial charge on any atom is -0.369 e. The average Bonchev–Trinajstić information content (AvgIpc) is 3.12. The lowest BCUT2D eigenvalue weighted by Gasteiger charge is -2.20. The highest BCUT2D eigenvalue weighted by Crippen LogP contribution is 2.20. The number of guanidine groups is 1. The molecule has 6 heteroatoms. The first-order chi connectivity index (χ1) is 12.7. The Morgan fingerprint density at radius 3 is 2.78 bits per heavy atom. The molecule has 1 fully saturated rings. The van der Waals surface area contributed by atoms with Gasteiger partial charge in [0.15, 0.2) is 5.96 Å². The number of nitrogens with zero attached hydrogens (tertiary/aromatic N) is 3. The van der Waals surface area contributed by atoms with E-state index in [9.17, 15) is 0 Å². The van der Waals surface area contributed by atoms with Crippen molar-refractivity contribution in [2.45, 2.75) is 32.7 Å². The molecule has 1 unspecified atom stereocenters. The van der Waals surface area contributed by atoms with Gasteiger partial charge in [0.1, 0.15) is 0 Å². The number of hydrogen-bond donors (Lipinski definition) is 2. The standard InChI is InChI=1S/C21H29N5.HI/c1-3-23-21(24-13-10-18-5-4-12-22-15-18)25-19-11-14-26(16-19)20-8-6-17(2)7-9-20;/h4-9,12,15,19H,3,10-11,13-14,16H2,1-2H3,(H2,23,24,25);1H. The minimum atomic E-state index is 0. The molecule has 2 heterocycles. The van der Waals surface area contributed by atoms with E-state index in [-0.39, 0.29) is 24.0 Å². The molecule has 2 aromatic rings. The first kappa shape index (κ1) is 21.5. The Morgan fingerprint density at radius 2 is 2.07 bits per heavy atom. The van der Waals surface area contributed by atoms with E-state index in [0.717, 1.165) is 45.0 Å². The third-order valence-corrected chi connectivity index (χ3v) is 4.67. The van der Waals surface area contributed by atoms with Gasteiger partial charge in [-0.3, -0.25) is 9.98 Å². The Morgan fingerprint density at radius 1 is 1.26 bits per heavy atom. The molecule has 0 bridgehead atoms. The molecule has 0 radical (unpaired) electrons. The fourth-order valence-corrected chi connectivity index (χ4v) is 3.22. The van der Waals surface area contributed by atoms with Crippen molar-refractivity contribution in [2.75, 3.05) is 31.1 Å². The van der Waals surface area contributed by atoms with Gasteiger partial charge in [-0.25, -0.2) is 0 Å². The molecule has 1 aliphatic heterocycles. The summed E-state index contributed by atoms with van der Waals surface area (Å²) in [6, 6.07) is 13.3. The van der Waals surface area contributed by atoms with Crippen molar-refractivity contribution in [1.29, 1.82) is 0 Å². The van der Waals surface area contributed by atoms with Crippen molar-refractivity contribution in [2.24, 2.45) is 4.99 Å². The molecule has 1 aromatic carbocycles. The van der Waals surface area contributed by atoms with Crippen molar-refractivity contribution in [3.63, 3.8) is 0 Å². The summed E-state index contributed by atoms with van der Waals surface area (Å²) in [6.45, 7) is 7.95. The zero-order valence-electron chi connectivity index (χ0n) is 16.2. The van der Waals surface area contributed by atoms with Crippen LogP contribution in [-0.4, -0.2) is 43.2 Å². The van der Waals surface area contributed by atoms with E-state index >= 15 is 0 Å². The molecule has 5 nitrogen and oxygen atoms in total. The normalized spacial score (nSPS) is 16.7. The molecule has 0 spiro atoms. The minimum absolute atomic E-state index is 0. The second kappa shape index (κ2) is 11.1. The molecule has 0 saturated carbocycles. The second-order valence-electron chi connectivity index (χ2n) is 6.78. The first-order valence-electron chi connectivity index (χ1n) is 9.50. The van der Waals surface area contributed by atoms with Gasteiger partial charge in [-0.15, -0.1) is 24.0 Å². The second-order valence-corrected chi connectivity index (χ2v) is 6.78. The third kappa shape index (κ3) is 6.68. The fourth-order valence-electron chi connectivity index (χ4n) is 3.22. The van der Waals surface area contributed by atoms with Crippen LogP contribution < -0.4 is 15.5 Å². The largest absolute Gasteiger partial charge is 0.369 e. The molecule has 1 aliphatic rings. The zero-order valence-corrected chi connectivity index (χ0v) is 18.5. The van der Waals surface area contributed by atoms with Crippen LogP contribution in [0.1, 0.15) is 24.5 Å². The van der Waals surface area contributed by atoms with Gasteiger partial charge in [0, 0.05) is 50.3 Å². The topological polar surface area (TPSA) is 52.6 Å². The predicted molar refractivity (Wildman–Crippen MR) is 124 cm³/mol. The molecular formula is C21H30IN5. The zero-order chi connectivity index (χ0) is 18.2. The molecule has 27 heavy (non-hydrogen) atoms. The fraction of sp³-hybridized carbons (Fsp3) is 0.429. The van der Waals surface area contributed by atoms with Crippen LogP contribution in [0, 0.1) is 6.92 Å². The average molecular weight is 479 g/mol. The van der Waals surface area contributed by atoms with Gasteiger partial charge < -0.3 is 15.5 Å². The summed E-state index contributed by atoms with van der Waals surface area (Å²) in [7, 11) is 0. The summed E-state index contributed by atoms with van der Waals surface area (Å²) in [6.07, 6.45) is 5.75. The predicted octanol–water partition coefficient (Wildman–Crippen LogP) is 3.38. The maximum Gasteiger partial charge on any atom is 0.191 e. The van der Waals surface area contributed by atoms with Crippen molar-refractivity contribution < 1.29 is 0 Å². The summed E-state index contributed by atoms with van der Waals surface area (Å²) in [5.74, 6) is 0.909. The Kier molecular flexibility index (Phi) is 8.84. The van der Waals surface area contributed by atoms with Crippen molar-refractivity contribution in [1.82, 2.24) is 15.6 Å². The number of anilines is 1. The Balaban J connectivity index is 0.00000261. The molecule has 2 N–H and O–H groups in total. The van der Waals surface area contributed by atoms with Crippen LogP contribution in [-0.2, 0) is 6.42 Å². The summed E-state index contributed by atoms with van der Waals surface area (Å²) in [4.78, 5) is 11.3. The molecule has 3 rings (SSSR count). The summed E-state index contributed by atoms with van der Waals surface area (Å²) < 4.78 is 0. The summed E-state index contributed by atoms with van der Waals surface area (Å²) in [5.41, 5.74) is 3.83. The quantitative estimate of drug-likeness (QED) is 0.379. The third-order valence-electron chi connectivity index (χ3n) is 4.67. The Hall–Kier alpha value is -1.83. The monoisotopic (exact) mass is 479 g/mol. The van der Waals surface area contributed by atoms with Gasteiger partial charge in [0.2, 0.25) is 0 Å². The van der Waals surface area contributed by atoms with Crippen molar-refractivity contribution >= 4 is 35.6 Å². The van der Waals surface area contributed by atoms with Gasteiger partial charge in [0.25, 0.3) is 0 Å². The number of halogens is 1. The van der Waals surface area contributed by atoms with Gasteiger partial charge >= 0.3 is 0 Å². The van der Waals surface area contributed by atoms with E-state index in [0.29, 0.717) is 6.04 Å². The Bertz CT molecular complexity index is 702. The van der Waals surface area contributed by atoms with E-state index in [1.54, 1.807) is 6.20 Å². The van der Waals surface area contributed by atoms with Crippen LogP contribution in [0.25, 0.3) is 0 Å². The van der Waals surface area contributed by atoms with Gasteiger partial charge in [-0.2, -0.15) is 0 Å². The lowest BCUT2D eigenvalue weighted by atomic mass is 10.2. The van der Waals surface area contributed by atoms with Crippen LogP contribution in [0.3, 0.4) is 0 Å². The summed E-state index contributed by atoms with van der Waals surface area (Å²) in [5, 5.41) is 6.96. The van der Waals surface area contributed by atoms with E-state index in [1.165, 1.54) is 16.8 Å².